The average Bonchev–Trinajstić information content (AvgIpc) is 2.28. The fourth-order valence-electron chi connectivity index (χ4n) is 2.19. The van der Waals surface area contributed by atoms with E-state index in [-0.39, 0.29) is 5.91 Å². The van der Waals surface area contributed by atoms with E-state index in [4.69, 9.17) is 0 Å². The summed E-state index contributed by atoms with van der Waals surface area (Å²) in [6.07, 6.45) is 5.57. The molecule has 1 aromatic carbocycles. The molecule has 1 amide bonds. The number of anilines is 1. The van der Waals surface area contributed by atoms with E-state index in [0.717, 1.165) is 25.1 Å². The van der Waals surface area contributed by atoms with E-state index in [9.17, 15) is 4.79 Å². The van der Waals surface area contributed by atoms with E-state index in [0.29, 0.717) is 0 Å². The lowest BCUT2D eigenvalue weighted by molar-refractivity contribution is -0.114. The minimum absolute atomic E-state index is 0.0901. The van der Waals surface area contributed by atoms with Crippen LogP contribution in [0, 0.1) is 6.92 Å². The number of hydrogen-bond donors (Lipinski definition) is 0. The first-order valence-corrected chi connectivity index (χ1v) is 5.76. The Morgan fingerprint density at radius 2 is 2.25 bits per heavy atom. The number of fused-ring (bicyclic) bond motifs is 1. The van der Waals surface area contributed by atoms with Gasteiger partial charge in [0.2, 0.25) is 0 Å². The van der Waals surface area contributed by atoms with Crippen LogP contribution in [0.2, 0.25) is 0 Å². The van der Waals surface area contributed by atoms with Crippen LogP contribution in [0.15, 0.2) is 30.4 Å². The van der Waals surface area contributed by atoms with Crippen LogP contribution >= 0.6 is 0 Å². The quantitative estimate of drug-likeness (QED) is 0.660. The molecule has 2 heteroatoms. The molecular weight excluding hydrogens is 198 g/mol. The second-order valence-corrected chi connectivity index (χ2v) is 4.23. The molecule has 84 valence electrons. The average molecular weight is 215 g/mol. The summed E-state index contributed by atoms with van der Waals surface area (Å²) in [4.78, 5) is 13.8. The summed E-state index contributed by atoms with van der Waals surface area (Å²) in [5.41, 5.74) is 3.64. The van der Waals surface area contributed by atoms with Gasteiger partial charge in [-0.2, -0.15) is 0 Å². The second kappa shape index (κ2) is 4.52. The maximum atomic E-state index is 11.9. The molecule has 0 atom stereocenters. The number of aryl methyl sites for hydroxylation is 2. The highest BCUT2D eigenvalue weighted by Gasteiger charge is 2.20. The zero-order valence-corrected chi connectivity index (χ0v) is 9.86. The van der Waals surface area contributed by atoms with Crippen molar-refractivity contribution < 1.29 is 4.79 Å². The van der Waals surface area contributed by atoms with Crippen LogP contribution in [0.1, 0.15) is 24.5 Å². The van der Waals surface area contributed by atoms with Crippen LogP contribution < -0.4 is 4.90 Å². The molecule has 0 bridgehead atoms. The van der Waals surface area contributed by atoms with E-state index in [1.807, 2.05) is 11.8 Å². The van der Waals surface area contributed by atoms with Crippen LogP contribution in [-0.2, 0) is 11.2 Å². The van der Waals surface area contributed by atoms with Gasteiger partial charge in [-0.15, -0.1) is 0 Å². The van der Waals surface area contributed by atoms with Crippen LogP contribution in [0.25, 0.3) is 0 Å². The number of nitrogens with zero attached hydrogens (tertiary/aromatic N) is 1. The third kappa shape index (κ3) is 2.01. The minimum atomic E-state index is 0.0901. The van der Waals surface area contributed by atoms with Crippen molar-refractivity contribution in [3.8, 4) is 0 Å². The van der Waals surface area contributed by atoms with Gasteiger partial charge in [0.1, 0.15) is 0 Å². The van der Waals surface area contributed by atoms with E-state index in [1.54, 1.807) is 12.2 Å². The molecule has 0 unspecified atom stereocenters. The summed E-state index contributed by atoms with van der Waals surface area (Å²) in [7, 11) is 0. The van der Waals surface area contributed by atoms with Gasteiger partial charge in [-0.3, -0.25) is 4.79 Å². The standard InChI is InChI=1S/C14H17NO/c1-3-5-14(16)15-9-4-6-12-10-11(2)7-8-13(12)15/h3,5,7-8,10H,4,6,9H2,1-2H3. The number of rotatable bonds is 1. The fraction of sp³-hybridized carbons (Fsp3) is 0.357. The molecule has 2 nitrogen and oxygen atoms in total. The summed E-state index contributed by atoms with van der Waals surface area (Å²) < 4.78 is 0. The van der Waals surface area contributed by atoms with Gasteiger partial charge in [-0.05, 0) is 44.4 Å². The van der Waals surface area contributed by atoms with Gasteiger partial charge < -0.3 is 4.90 Å². The van der Waals surface area contributed by atoms with Crippen molar-refractivity contribution in [3.05, 3.63) is 41.5 Å². The smallest absolute Gasteiger partial charge is 0.250 e. The Labute approximate surface area is 96.6 Å². The Kier molecular flexibility index (Phi) is 3.09. The second-order valence-electron chi connectivity index (χ2n) is 4.23. The van der Waals surface area contributed by atoms with E-state index in [2.05, 4.69) is 25.1 Å². The lowest BCUT2D eigenvalue weighted by Crippen LogP contribution is -2.34. The van der Waals surface area contributed by atoms with Crippen molar-refractivity contribution in [2.45, 2.75) is 26.7 Å². The summed E-state index contributed by atoms with van der Waals surface area (Å²) >= 11 is 0. The zero-order chi connectivity index (χ0) is 11.5. The van der Waals surface area contributed by atoms with Gasteiger partial charge in [0.05, 0.1) is 0 Å². The third-order valence-corrected chi connectivity index (χ3v) is 2.93. The van der Waals surface area contributed by atoms with Crippen molar-refractivity contribution in [1.82, 2.24) is 0 Å². The molecule has 0 saturated heterocycles. The Morgan fingerprint density at radius 1 is 1.44 bits per heavy atom. The minimum Gasteiger partial charge on any atom is -0.309 e. The molecular formula is C14H17NO. The van der Waals surface area contributed by atoms with Crippen LogP contribution in [0.4, 0.5) is 5.69 Å². The zero-order valence-electron chi connectivity index (χ0n) is 9.86. The first-order valence-electron chi connectivity index (χ1n) is 5.76. The van der Waals surface area contributed by atoms with Crippen molar-refractivity contribution in [1.29, 1.82) is 0 Å². The van der Waals surface area contributed by atoms with E-state index < -0.39 is 0 Å². The molecule has 0 N–H and O–H groups in total. The predicted octanol–water partition coefficient (Wildman–Crippen LogP) is 2.85. The molecule has 0 fully saturated rings. The molecule has 16 heavy (non-hydrogen) atoms. The molecule has 1 aromatic rings. The summed E-state index contributed by atoms with van der Waals surface area (Å²) in [6, 6.07) is 6.32. The molecule has 1 heterocycles. The Balaban J connectivity index is 2.36. The number of allylic oxidation sites excluding steroid dienone is 1. The summed E-state index contributed by atoms with van der Waals surface area (Å²) in [5.74, 6) is 0.0901. The number of carbonyl (C=O) groups is 1. The van der Waals surface area contributed by atoms with Gasteiger partial charge in [0.25, 0.3) is 5.91 Å². The monoisotopic (exact) mass is 215 g/mol. The lowest BCUT2D eigenvalue weighted by atomic mass is 9.99. The Hall–Kier alpha value is -1.57. The molecule has 2 rings (SSSR count). The molecule has 0 radical (unpaired) electrons. The normalized spacial score (nSPS) is 15.2. The van der Waals surface area contributed by atoms with Gasteiger partial charge in [-0.1, -0.05) is 23.8 Å². The molecule has 0 aliphatic carbocycles. The van der Waals surface area contributed by atoms with Crippen molar-refractivity contribution >= 4 is 11.6 Å². The van der Waals surface area contributed by atoms with Gasteiger partial charge in [0, 0.05) is 12.2 Å². The largest absolute Gasteiger partial charge is 0.309 e. The molecule has 0 saturated carbocycles. The van der Waals surface area contributed by atoms with Crippen LogP contribution in [0.5, 0.6) is 0 Å². The number of carbonyl (C=O) groups excluding carboxylic acids is 1. The number of hydrogen-bond acceptors (Lipinski definition) is 1. The highest BCUT2D eigenvalue weighted by molar-refractivity contribution is 6.02. The maximum absolute atomic E-state index is 11.9. The number of benzene rings is 1. The lowest BCUT2D eigenvalue weighted by Gasteiger charge is -2.28. The summed E-state index contributed by atoms with van der Waals surface area (Å²) in [5, 5.41) is 0. The molecule has 1 aliphatic heterocycles. The number of amides is 1. The Morgan fingerprint density at radius 3 is 3.00 bits per heavy atom. The van der Waals surface area contributed by atoms with E-state index in [1.165, 1.54) is 11.1 Å². The predicted molar refractivity (Wildman–Crippen MR) is 66.7 cm³/mol. The van der Waals surface area contributed by atoms with Gasteiger partial charge >= 0.3 is 0 Å². The Bertz CT molecular complexity index is 434. The maximum Gasteiger partial charge on any atom is 0.250 e. The van der Waals surface area contributed by atoms with Gasteiger partial charge in [0.15, 0.2) is 0 Å². The fourth-order valence-corrected chi connectivity index (χ4v) is 2.19. The SMILES string of the molecule is CC=CC(=O)N1CCCc2cc(C)ccc21. The van der Waals surface area contributed by atoms with Crippen molar-refractivity contribution in [2.75, 3.05) is 11.4 Å². The van der Waals surface area contributed by atoms with Crippen molar-refractivity contribution in [3.63, 3.8) is 0 Å². The molecule has 0 spiro atoms. The third-order valence-electron chi connectivity index (χ3n) is 2.93. The van der Waals surface area contributed by atoms with Gasteiger partial charge in [-0.25, -0.2) is 0 Å². The highest BCUT2D eigenvalue weighted by Crippen LogP contribution is 2.28. The van der Waals surface area contributed by atoms with Crippen LogP contribution in [-0.4, -0.2) is 12.5 Å². The molecule has 1 aliphatic rings. The summed E-state index contributed by atoms with van der Waals surface area (Å²) in [6.45, 7) is 4.80. The van der Waals surface area contributed by atoms with Crippen LogP contribution in [0.3, 0.4) is 0 Å². The topological polar surface area (TPSA) is 20.3 Å². The highest BCUT2D eigenvalue weighted by atomic mass is 16.2. The van der Waals surface area contributed by atoms with Crippen molar-refractivity contribution in [2.24, 2.45) is 0 Å². The first-order chi connectivity index (χ1) is 7.72. The van der Waals surface area contributed by atoms with E-state index >= 15 is 0 Å². The first kappa shape index (κ1) is 10.9. The molecule has 0 aromatic heterocycles.